The first-order chi connectivity index (χ1) is 11.6. The molecule has 0 atom stereocenters. The Balaban J connectivity index is 1.61. The van der Waals surface area contributed by atoms with Crippen molar-refractivity contribution in [3.05, 3.63) is 76.7 Å². The Labute approximate surface area is 142 Å². The van der Waals surface area contributed by atoms with Gasteiger partial charge in [-0.05, 0) is 38.5 Å². The predicted molar refractivity (Wildman–Crippen MR) is 92.3 cm³/mol. The van der Waals surface area contributed by atoms with Crippen molar-refractivity contribution < 1.29 is 14.0 Å². The smallest absolute Gasteiger partial charge is 0.140 e. The van der Waals surface area contributed by atoms with Crippen molar-refractivity contribution in [1.82, 2.24) is 5.16 Å². The number of benzene rings is 2. The molecule has 0 N–H and O–H groups in total. The molecule has 4 nitrogen and oxygen atoms in total. The highest BCUT2D eigenvalue weighted by atomic mass is 16.5. The normalized spacial score (nSPS) is 10.6. The molecule has 1 heterocycles. The zero-order valence-corrected chi connectivity index (χ0v) is 14.2. The van der Waals surface area contributed by atoms with Gasteiger partial charge in [0.1, 0.15) is 30.5 Å². The molecule has 0 amide bonds. The molecule has 1 aromatic heterocycles. The molecule has 24 heavy (non-hydrogen) atoms. The summed E-state index contributed by atoms with van der Waals surface area (Å²) < 4.78 is 16.9. The number of ether oxygens (including phenoxy) is 2. The Hall–Kier alpha value is -2.75. The van der Waals surface area contributed by atoms with Crippen molar-refractivity contribution in [3.8, 4) is 11.5 Å². The van der Waals surface area contributed by atoms with Gasteiger partial charge < -0.3 is 14.0 Å². The molecule has 0 saturated heterocycles. The summed E-state index contributed by atoms with van der Waals surface area (Å²) in [6.07, 6.45) is 0. The summed E-state index contributed by atoms with van der Waals surface area (Å²) in [5.41, 5.74) is 4.23. The minimum atomic E-state index is 0.433. The molecule has 4 heteroatoms. The van der Waals surface area contributed by atoms with Gasteiger partial charge in [0.15, 0.2) is 0 Å². The van der Waals surface area contributed by atoms with Crippen molar-refractivity contribution in [1.29, 1.82) is 0 Å². The van der Waals surface area contributed by atoms with E-state index >= 15 is 0 Å². The maximum Gasteiger partial charge on any atom is 0.140 e. The van der Waals surface area contributed by atoms with Crippen molar-refractivity contribution in [3.63, 3.8) is 0 Å². The van der Waals surface area contributed by atoms with Crippen LogP contribution in [0.5, 0.6) is 11.5 Å². The zero-order chi connectivity index (χ0) is 16.9. The lowest BCUT2D eigenvalue weighted by atomic mass is 10.1. The fourth-order valence-corrected chi connectivity index (χ4v) is 2.49. The summed E-state index contributed by atoms with van der Waals surface area (Å²) in [6, 6.07) is 16.0. The molecule has 3 rings (SSSR count). The van der Waals surface area contributed by atoms with Crippen molar-refractivity contribution in [2.45, 2.75) is 34.0 Å². The van der Waals surface area contributed by atoms with Crippen LogP contribution in [0.4, 0.5) is 0 Å². The van der Waals surface area contributed by atoms with Crippen LogP contribution in [0.1, 0.15) is 28.1 Å². The van der Waals surface area contributed by atoms with Gasteiger partial charge >= 0.3 is 0 Å². The zero-order valence-electron chi connectivity index (χ0n) is 14.2. The number of nitrogens with zero attached hydrogens (tertiary/aromatic N) is 1. The Bertz CT molecular complexity index is 804. The summed E-state index contributed by atoms with van der Waals surface area (Å²) in [4.78, 5) is 0. The number of aryl methyl sites for hydroxylation is 3. The lowest BCUT2D eigenvalue weighted by molar-refractivity contribution is 0.288. The summed E-state index contributed by atoms with van der Waals surface area (Å²) in [7, 11) is 0. The summed E-state index contributed by atoms with van der Waals surface area (Å²) >= 11 is 0. The van der Waals surface area contributed by atoms with Crippen LogP contribution in [0.3, 0.4) is 0 Å². The molecule has 2 aromatic carbocycles. The predicted octanol–water partition coefficient (Wildman–Crippen LogP) is 4.76. The molecule has 0 aliphatic rings. The Morgan fingerprint density at radius 2 is 1.58 bits per heavy atom. The van der Waals surface area contributed by atoms with E-state index in [-0.39, 0.29) is 0 Å². The van der Waals surface area contributed by atoms with Gasteiger partial charge in [0, 0.05) is 6.07 Å². The molecule has 124 valence electrons. The molecular formula is C20H21NO3. The molecule has 0 radical (unpaired) electrons. The average molecular weight is 323 g/mol. The molecule has 3 aromatic rings. The second-order valence-corrected chi connectivity index (χ2v) is 5.84. The highest BCUT2D eigenvalue weighted by Crippen LogP contribution is 2.22. The van der Waals surface area contributed by atoms with Crippen LogP contribution in [0.2, 0.25) is 0 Å². The van der Waals surface area contributed by atoms with E-state index in [9.17, 15) is 0 Å². The SMILES string of the molecule is Cc1cccc(COc2cccc(OCc3c(C)noc3C)c2)c1. The summed E-state index contributed by atoms with van der Waals surface area (Å²) in [5.74, 6) is 2.34. The van der Waals surface area contributed by atoms with E-state index in [1.165, 1.54) is 5.56 Å². The van der Waals surface area contributed by atoms with Crippen molar-refractivity contribution in [2.24, 2.45) is 0 Å². The van der Waals surface area contributed by atoms with Crippen molar-refractivity contribution >= 4 is 0 Å². The molecule has 0 unspecified atom stereocenters. The highest BCUT2D eigenvalue weighted by molar-refractivity contribution is 5.34. The van der Waals surface area contributed by atoms with Crippen LogP contribution in [-0.4, -0.2) is 5.16 Å². The van der Waals surface area contributed by atoms with Gasteiger partial charge in [-0.3, -0.25) is 0 Å². The van der Waals surface area contributed by atoms with Gasteiger partial charge in [-0.25, -0.2) is 0 Å². The second-order valence-electron chi connectivity index (χ2n) is 5.84. The maximum absolute atomic E-state index is 5.86. The first-order valence-corrected chi connectivity index (χ1v) is 7.95. The van der Waals surface area contributed by atoms with E-state index in [1.807, 2.05) is 44.2 Å². The fraction of sp³-hybridized carbons (Fsp3) is 0.250. The third-order valence-corrected chi connectivity index (χ3v) is 3.86. The van der Waals surface area contributed by atoms with Crippen LogP contribution >= 0.6 is 0 Å². The van der Waals surface area contributed by atoms with Crippen LogP contribution in [0.15, 0.2) is 53.1 Å². The molecular weight excluding hydrogens is 302 g/mol. The standard InChI is InChI=1S/C20H21NO3/c1-14-6-4-7-17(10-14)12-22-18-8-5-9-19(11-18)23-13-20-15(2)21-24-16(20)3/h4-11H,12-13H2,1-3H3. The monoisotopic (exact) mass is 323 g/mol. The highest BCUT2D eigenvalue weighted by Gasteiger charge is 2.09. The van der Waals surface area contributed by atoms with Crippen LogP contribution in [-0.2, 0) is 13.2 Å². The van der Waals surface area contributed by atoms with Gasteiger partial charge in [0.2, 0.25) is 0 Å². The molecule has 0 saturated carbocycles. The lowest BCUT2D eigenvalue weighted by Crippen LogP contribution is -1.99. The van der Waals surface area contributed by atoms with E-state index in [1.54, 1.807) is 0 Å². The van der Waals surface area contributed by atoms with Crippen LogP contribution < -0.4 is 9.47 Å². The summed E-state index contributed by atoms with van der Waals surface area (Å²) in [6.45, 7) is 6.85. The van der Waals surface area contributed by atoms with Gasteiger partial charge in [-0.15, -0.1) is 0 Å². The maximum atomic E-state index is 5.86. The molecule has 0 fully saturated rings. The molecule has 0 spiro atoms. The third kappa shape index (κ3) is 3.96. The Morgan fingerprint density at radius 1 is 0.875 bits per heavy atom. The summed E-state index contributed by atoms with van der Waals surface area (Å²) in [5, 5.41) is 3.94. The fourth-order valence-electron chi connectivity index (χ4n) is 2.49. The molecule has 0 aliphatic heterocycles. The van der Waals surface area contributed by atoms with E-state index < -0.39 is 0 Å². The quantitative estimate of drug-likeness (QED) is 0.656. The van der Waals surface area contributed by atoms with E-state index in [0.29, 0.717) is 13.2 Å². The largest absolute Gasteiger partial charge is 0.489 e. The second kappa shape index (κ2) is 7.21. The van der Waals surface area contributed by atoms with Crippen molar-refractivity contribution in [2.75, 3.05) is 0 Å². The van der Waals surface area contributed by atoms with Crippen LogP contribution in [0, 0.1) is 20.8 Å². The first-order valence-electron chi connectivity index (χ1n) is 7.95. The Kier molecular flexibility index (Phi) is 4.85. The number of rotatable bonds is 6. The van der Waals surface area contributed by atoms with E-state index in [0.717, 1.165) is 34.1 Å². The minimum Gasteiger partial charge on any atom is -0.489 e. The average Bonchev–Trinajstić information content (AvgIpc) is 2.90. The van der Waals surface area contributed by atoms with Crippen LogP contribution in [0.25, 0.3) is 0 Å². The molecule has 0 aliphatic carbocycles. The third-order valence-electron chi connectivity index (χ3n) is 3.86. The number of aromatic nitrogens is 1. The van der Waals surface area contributed by atoms with Gasteiger partial charge in [-0.2, -0.15) is 0 Å². The van der Waals surface area contributed by atoms with E-state index in [4.69, 9.17) is 14.0 Å². The molecule has 0 bridgehead atoms. The Morgan fingerprint density at radius 3 is 2.25 bits per heavy atom. The first kappa shape index (κ1) is 16.1. The number of hydrogen-bond donors (Lipinski definition) is 0. The number of hydrogen-bond acceptors (Lipinski definition) is 4. The lowest BCUT2D eigenvalue weighted by Gasteiger charge is -2.10. The van der Waals surface area contributed by atoms with Gasteiger partial charge in [0.05, 0.1) is 11.3 Å². The van der Waals surface area contributed by atoms with Gasteiger partial charge in [0.25, 0.3) is 0 Å². The topological polar surface area (TPSA) is 44.5 Å². The minimum absolute atomic E-state index is 0.433. The van der Waals surface area contributed by atoms with Gasteiger partial charge in [-0.1, -0.05) is 41.1 Å². The van der Waals surface area contributed by atoms with E-state index in [2.05, 4.69) is 30.3 Å².